The fourth-order valence-corrected chi connectivity index (χ4v) is 3.47. The van der Waals surface area contributed by atoms with E-state index in [1.807, 2.05) is 31.7 Å². The number of nitrogens with one attached hydrogen (secondary N) is 1. The molecule has 7 heteroatoms. The molecule has 5 nitrogen and oxygen atoms in total. The molecule has 0 aromatic carbocycles. The maximum atomic E-state index is 4.58. The summed E-state index contributed by atoms with van der Waals surface area (Å²) in [6.07, 6.45) is 3.83. The molecule has 0 aliphatic rings. The Morgan fingerprint density at radius 3 is 3.05 bits per heavy atom. The number of hydrogen-bond donors (Lipinski definition) is 1. The van der Waals surface area contributed by atoms with Crippen LogP contribution in [0.15, 0.2) is 33.8 Å². The quantitative estimate of drug-likeness (QED) is 0.749. The van der Waals surface area contributed by atoms with Gasteiger partial charge in [0.2, 0.25) is 5.95 Å². The summed E-state index contributed by atoms with van der Waals surface area (Å²) in [5.74, 6) is 0.684. The van der Waals surface area contributed by atoms with Gasteiger partial charge in [-0.3, -0.25) is 4.68 Å². The summed E-state index contributed by atoms with van der Waals surface area (Å²) in [5.41, 5.74) is 0. The maximum absolute atomic E-state index is 4.58. The average molecular weight is 291 g/mol. The number of anilines is 1. The van der Waals surface area contributed by atoms with Crippen molar-refractivity contribution in [2.75, 3.05) is 11.9 Å². The number of thiophene rings is 1. The van der Waals surface area contributed by atoms with Crippen LogP contribution in [0.4, 0.5) is 5.95 Å². The fourth-order valence-electron chi connectivity index (χ4n) is 1.71. The minimum absolute atomic E-state index is 0.684. The summed E-state index contributed by atoms with van der Waals surface area (Å²) in [6, 6.07) is 2.06. The van der Waals surface area contributed by atoms with Gasteiger partial charge in [0.15, 0.2) is 0 Å². The lowest BCUT2D eigenvalue weighted by Gasteiger charge is -2.05. The molecule has 0 amide bonds. The zero-order valence-corrected chi connectivity index (χ0v) is 12.3. The molecule has 3 heterocycles. The molecule has 3 aromatic heterocycles. The van der Waals surface area contributed by atoms with E-state index in [4.69, 9.17) is 0 Å². The molecular formula is C12H13N5S2. The molecule has 0 unspecified atom stereocenters. The van der Waals surface area contributed by atoms with Gasteiger partial charge in [0.1, 0.15) is 9.86 Å². The smallest absolute Gasteiger partial charge is 0.225 e. The predicted octanol–water partition coefficient (Wildman–Crippen LogP) is 3.01. The Kier molecular flexibility index (Phi) is 3.39. The second kappa shape index (κ2) is 5.18. The highest BCUT2D eigenvalue weighted by Gasteiger charge is 2.10. The van der Waals surface area contributed by atoms with Crippen molar-refractivity contribution in [1.82, 2.24) is 19.7 Å². The van der Waals surface area contributed by atoms with Crippen LogP contribution in [0, 0.1) is 0 Å². The number of rotatable bonds is 4. The Balaban J connectivity index is 2.02. The van der Waals surface area contributed by atoms with Crippen molar-refractivity contribution in [2.45, 2.75) is 16.8 Å². The normalized spacial score (nSPS) is 11.1. The third-order valence-corrected chi connectivity index (χ3v) is 4.28. The molecule has 0 bridgehead atoms. The third-order valence-electron chi connectivity index (χ3n) is 2.52. The van der Waals surface area contributed by atoms with E-state index >= 15 is 0 Å². The molecule has 3 aromatic rings. The lowest BCUT2D eigenvalue weighted by Crippen LogP contribution is -2.02. The highest BCUT2D eigenvalue weighted by atomic mass is 32.2. The van der Waals surface area contributed by atoms with E-state index in [1.165, 1.54) is 0 Å². The van der Waals surface area contributed by atoms with Crippen LogP contribution in [0.1, 0.15) is 6.92 Å². The number of aromatic nitrogens is 4. The Morgan fingerprint density at radius 1 is 1.42 bits per heavy atom. The molecule has 0 saturated carbocycles. The summed E-state index contributed by atoms with van der Waals surface area (Å²) >= 11 is 3.25. The first-order chi connectivity index (χ1) is 9.26. The van der Waals surface area contributed by atoms with Gasteiger partial charge in [-0.1, -0.05) is 11.8 Å². The van der Waals surface area contributed by atoms with Crippen molar-refractivity contribution in [1.29, 1.82) is 0 Å². The second-order valence-corrected chi connectivity index (χ2v) is 5.93. The van der Waals surface area contributed by atoms with E-state index in [0.29, 0.717) is 5.95 Å². The van der Waals surface area contributed by atoms with Crippen molar-refractivity contribution in [2.24, 2.45) is 7.05 Å². The van der Waals surface area contributed by atoms with Gasteiger partial charge in [-0.05, 0) is 18.4 Å². The molecule has 0 spiro atoms. The van der Waals surface area contributed by atoms with Gasteiger partial charge in [0, 0.05) is 25.2 Å². The lowest BCUT2D eigenvalue weighted by molar-refractivity contribution is 0.766. The van der Waals surface area contributed by atoms with E-state index < -0.39 is 0 Å². The minimum Gasteiger partial charge on any atom is -0.354 e. The van der Waals surface area contributed by atoms with Crippen molar-refractivity contribution in [3.05, 3.63) is 23.8 Å². The Morgan fingerprint density at radius 2 is 2.32 bits per heavy atom. The second-order valence-electron chi connectivity index (χ2n) is 3.97. The van der Waals surface area contributed by atoms with Gasteiger partial charge in [-0.2, -0.15) is 5.10 Å². The Bertz CT molecular complexity index is 703. The van der Waals surface area contributed by atoms with Gasteiger partial charge in [0.05, 0.1) is 11.1 Å². The van der Waals surface area contributed by atoms with Crippen molar-refractivity contribution < 1.29 is 0 Å². The minimum atomic E-state index is 0.684. The standard InChI is InChI=1S/C12H13N5S2/c1-3-13-12-15-10-9(4-5-18-10)11(16-12)19-8-6-14-17(2)7-8/h4-7H,3H2,1-2H3,(H,13,15,16). The summed E-state index contributed by atoms with van der Waals surface area (Å²) in [5, 5.41) is 11.5. The van der Waals surface area contributed by atoms with Crippen LogP contribution in [0.25, 0.3) is 10.2 Å². The van der Waals surface area contributed by atoms with Crippen LogP contribution in [-0.4, -0.2) is 26.3 Å². The van der Waals surface area contributed by atoms with Crippen LogP contribution in [0.2, 0.25) is 0 Å². The molecule has 0 atom stereocenters. The SMILES string of the molecule is CCNc1nc(Sc2cnn(C)c2)c2ccsc2n1. The fraction of sp³-hybridized carbons (Fsp3) is 0.250. The van der Waals surface area contributed by atoms with E-state index in [0.717, 1.165) is 26.7 Å². The summed E-state index contributed by atoms with van der Waals surface area (Å²) < 4.78 is 1.79. The molecule has 3 rings (SSSR count). The summed E-state index contributed by atoms with van der Waals surface area (Å²) in [6.45, 7) is 2.85. The largest absolute Gasteiger partial charge is 0.354 e. The summed E-state index contributed by atoms with van der Waals surface area (Å²) in [7, 11) is 1.91. The molecule has 0 radical (unpaired) electrons. The zero-order chi connectivity index (χ0) is 13.2. The molecular weight excluding hydrogens is 278 g/mol. The zero-order valence-electron chi connectivity index (χ0n) is 10.6. The summed E-state index contributed by atoms with van der Waals surface area (Å²) in [4.78, 5) is 11.2. The van der Waals surface area contributed by atoms with Gasteiger partial charge < -0.3 is 5.32 Å². The molecule has 98 valence electrons. The highest BCUT2D eigenvalue weighted by molar-refractivity contribution is 7.99. The predicted molar refractivity (Wildman–Crippen MR) is 78.9 cm³/mol. The maximum Gasteiger partial charge on any atom is 0.225 e. The first-order valence-electron chi connectivity index (χ1n) is 5.92. The van der Waals surface area contributed by atoms with Gasteiger partial charge in [-0.15, -0.1) is 11.3 Å². The lowest BCUT2D eigenvalue weighted by atomic mass is 10.4. The Labute approximate surface area is 119 Å². The molecule has 0 saturated heterocycles. The van der Waals surface area contributed by atoms with Crippen molar-refractivity contribution in [3.63, 3.8) is 0 Å². The number of fused-ring (bicyclic) bond motifs is 1. The van der Waals surface area contributed by atoms with E-state index in [1.54, 1.807) is 27.8 Å². The molecule has 0 fully saturated rings. The van der Waals surface area contributed by atoms with Crippen molar-refractivity contribution in [3.8, 4) is 0 Å². The average Bonchev–Trinajstić information content (AvgIpc) is 2.99. The van der Waals surface area contributed by atoms with E-state index in [9.17, 15) is 0 Å². The van der Waals surface area contributed by atoms with Crippen LogP contribution >= 0.6 is 23.1 Å². The van der Waals surface area contributed by atoms with E-state index in [-0.39, 0.29) is 0 Å². The number of aryl methyl sites for hydroxylation is 1. The van der Waals surface area contributed by atoms with Gasteiger partial charge >= 0.3 is 0 Å². The number of hydrogen-bond acceptors (Lipinski definition) is 6. The van der Waals surface area contributed by atoms with Crippen LogP contribution in [-0.2, 0) is 7.05 Å². The van der Waals surface area contributed by atoms with Gasteiger partial charge in [0.25, 0.3) is 0 Å². The van der Waals surface area contributed by atoms with Crippen LogP contribution < -0.4 is 5.32 Å². The number of nitrogens with zero attached hydrogens (tertiary/aromatic N) is 4. The Hall–Kier alpha value is -1.60. The topological polar surface area (TPSA) is 55.6 Å². The third kappa shape index (κ3) is 2.57. The van der Waals surface area contributed by atoms with Crippen LogP contribution in [0.5, 0.6) is 0 Å². The monoisotopic (exact) mass is 291 g/mol. The molecule has 1 N–H and O–H groups in total. The first kappa shape index (κ1) is 12.4. The highest BCUT2D eigenvalue weighted by Crippen LogP contribution is 2.33. The molecule has 0 aliphatic heterocycles. The van der Waals surface area contributed by atoms with Crippen LogP contribution in [0.3, 0.4) is 0 Å². The molecule has 19 heavy (non-hydrogen) atoms. The van der Waals surface area contributed by atoms with Gasteiger partial charge in [-0.25, -0.2) is 9.97 Å². The first-order valence-corrected chi connectivity index (χ1v) is 7.61. The van der Waals surface area contributed by atoms with Crippen molar-refractivity contribution >= 4 is 39.3 Å². The molecule has 0 aliphatic carbocycles. The van der Waals surface area contributed by atoms with E-state index in [2.05, 4.69) is 26.4 Å².